The molecule has 1 aromatic carbocycles. The van der Waals surface area contributed by atoms with Gasteiger partial charge in [-0.2, -0.15) is 13.2 Å². The summed E-state index contributed by atoms with van der Waals surface area (Å²) in [7, 11) is 1.86. The highest BCUT2D eigenvalue weighted by molar-refractivity contribution is 5.95. The minimum Gasteiger partial charge on any atom is -0.339 e. The van der Waals surface area contributed by atoms with Crippen molar-refractivity contribution in [2.24, 2.45) is 5.92 Å². The summed E-state index contributed by atoms with van der Waals surface area (Å²) >= 11 is 0. The summed E-state index contributed by atoms with van der Waals surface area (Å²) in [6, 6.07) is 5.33. The largest absolute Gasteiger partial charge is 0.416 e. The summed E-state index contributed by atoms with van der Waals surface area (Å²) in [4.78, 5) is 14.0. The van der Waals surface area contributed by atoms with E-state index in [1.165, 1.54) is 18.2 Å². The van der Waals surface area contributed by atoms with Crippen LogP contribution < -0.4 is 5.32 Å². The van der Waals surface area contributed by atoms with Crippen LogP contribution in [-0.2, 0) is 11.0 Å². The Kier molecular flexibility index (Phi) is 7.29. The smallest absolute Gasteiger partial charge is 0.339 e. The van der Waals surface area contributed by atoms with Crippen LogP contribution in [0.4, 0.5) is 13.2 Å². The molecular weight excluding hydrogens is 341 g/mol. The van der Waals surface area contributed by atoms with E-state index in [9.17, 15) is 18.0 Å². The third-order valence-electron chi connectivity index (χ3n) is 4.09. The first-order valence-corrected chi connectivity index (χ1v) is 7.61. The maximum Gasteiger partial charge on any atom is 0.416 e. The van der Waals surface area contributed by atoms with Crippen LogP contribution in [0.3, 0.4) is 0 Å². The molecule has 1 saturated heterocycles. The number of amides is 1. The summed E-state index contributed by atoms with van der Waals surface area (Å²) in [6.45, 7) is 3.67. The number of alkyl halides is 3. The summed E-state index contributed by atoms with van der Waals surface area (Å²) in [5, 5.41) is 3.08. The van der Waals surface area contributed by atoms with Gasteiger partial charge in [0.15, 0.2) is 0 Å². The molecule has 3 nitrogen and oxygen atoms in total. The maximum absolute atomic E-state index is 13.1. The second kappa shape index (κ2) is 8.53. The molecule has 1 N–H and O–H groups in total. The molecule has 0 radical (unpaired) electrons. The number of allylic oxidation sites excluding steroid dienone is 1. The van der Waals surface area contributed by atoms with Crippen LogP contribution in [0, 0.1) is 5.92 Å². The van der Waals surface area contributed by atoms with E-state index in [2.05, 4.69) is 5.32 Å². The summed E-state index contributed by atoms with van der Waals surface area (Å²) in [5.41, 5.74) is -0.324. The molecule has 0 bridgehead atoms. The molecule has 1 amide bonds. The third-order valence-corrected chi connectivity index (χ3v) is 4.09. The molecule has 134 valence electrons. The lowest BCUT2D eigenvalue weighted by molar-refractivity contribution is -0.137. The van der Waals surface area contributed by atoms with Gasteiger partial charge in [-0.05, 0) is 50.1 Å². The van der Waals surface area contributed by atoms with Crippen molar-refractivity contribution in [1.82, 2.24) is 10.2 Å². The highest BCUT2D eigenvalue weighted by Crippen LogP contribution is 2.34. The number of carbonyl (C=O) groups excluding carboxylic acids is 1. The molecular formula is C17H22ClF3N2O. The molecule has 1 aliphatic heterocycles. The predicted molar refractivity (Wildman–Crippen MR) is 91.0 cm³/mol. The molecule has 24 heavy (non-hydrogen) atoms. The minimum atomic E-state index is -4.43. The van der Waals surface area contributed by atoms with Crippen LogP contribution in [0.15, 0.2) is 30.3 Å². The van der Waals surface area contributed by atoms with Crippen LogP contribution in [0.25, 0.3) is 5.57 Å². The first-order chi connectivity index (χ1) is 10.8. The van der Waals surface area contributed by atoms with Gasteiger partial charge in [-0.1, -0.05) is 18.2 Å². The standard InChI is InChI=1S/C17H21F3N2O.ClH/c1-12(14-5-3-4-6-15(14)17(18,19)20)9-16(23)22-8-7-13(11-22)10-21-2;/h3-6,9,13,21H,7-8,10-11H2,1-2H3;1H/b12-9-;. The molecule has 2 rings (SSSR count). The number of likely N-dealkylation sites (tertiary alicyclic amines) is 1. The van der Waals surface area contributed by atoms with Crippen LogP contribution in [0.5, 0.6) is 0 Å². The molecule has 1 atom stereocenters. The Morgan fingerprint density at radius 3 is 2.67 bits per heavy atom. The van der Waals surface area contributed by atoms with Gasteiger partial charge >= 0.3 is 6.18 Å². The Hall–Kier alpha value is -1.53. The molecule has 1 aromatic rings. The average molecular weight is 363 g/mol. The molecule has 0 saturated carbocycles. The predicted octanol–water partition coefficient (Wildman–Crippen LogP) is 3.60. The van der Waals surface area contributed by atoms with E-state index in [1.54, 1.807) is 17.9 Å². The summed E-state index contributed by atoms with van der Waals surface area (Å²) < 4.78 is 39.2. The van der Waals surface area contributed by atoms with Crippen molar-refractivity contribution in [3.8, 4) is 0 Å². The van der Waals surface area contributed by atoms with Gasteiger partial charge in [-0.3, -0.25) is 4.79 Å². The average Bonchev–Trinajstić information content (AvgIpc) is 2.95. The second-order valence-electron chi connectivity index (χ2n) is 5.87. The first-order valence-electron chi connectivity index (χ1n) is 7.61. The van der Waals surface area contributed by atoms with Crippen LogP contribution in [0.2, 0.25) is 0 Å². The van der Waals surface area contributed by atoms with Gasteiger partial charge in [0.05, 0.1) is 5.56 Å². The molecule has 1 heterocycles. The van der Waals surface area contributed by atoms with E-state index in [0.29, 0.717) is 24.6 Å². The highest BCUT2D eigenvalue weighted by atomic mass is 35.5. The number of benzene rings is 1. The Morgan fingerprint density at radius 1 is 1.38 bits per heavy atom. The Labute approximate surface area is 146 Å². The van der Waals surface area contributed by atoms with Crippen molar-refractivity contribution < 1.29 is 18.0 Å². The summed E-state index contributed by atoms with van der Waals surface area (Å²) in [5.74, 6) is 0.179. The topological polar surface area (TPSA) is 32.3 Å². The van der Waals surface area contributed by atoms with E-state index in [-0.39, 0.29) is 23.9 Å². The zero-order chi connectivity index (χ0) is 17.0. The molecule has 0 aliphatic carbocycles. The van der Waals surface area contributed by atoms with E-state index in [4.69, 9.17) is 0 Å². The van der Waals surface area contributed by atoms with Crippen molar-refractivity contribution >= 4 is 23.9 Å². The Morgan fingerprint density at radius 2 is 2.04 bits per heavy atom. The van der Waals surface area contributed by atoms with Crippen molar-refractivity contribution in [2.45, 2.75) is 19.5 Å². The van der Waals surface area contributed by atoms with Gasteiger partial charge < -0.3 is 10.2 Å². The lowest BCUT2D eigenvalue weighted by Gasteiger charge is -2.16. The minimum absolute atomic E-state index is 0. The van der Waals surface area contributed by atoms with Crippen molar-refractivity contribution in [1.29, 1.82) is 0 Å². The van der Waals surface area contributed by atoms with Crippen molar-refractivity contribution in [3.63, 3.8) is 0 Å². The highest BCUT2D eigenvalue weighted by Gasteiger charge is 2.33. The Bertz CT molecular complexity index is 602. The molecule has 0 aromatic heterocycles. The zero-order valence-electron chi connectivity index (χ0n) is 13.7. The second-order valence-corrected chi connectivity index (χ2v) is 5.87. The summed E-state index contributed by atoms with van der Waals surface area (Å²) in [6.07, 6.45) is -2.20. The van der Waals surface area contributed by atoms with E-state index < -0.39 is 11.7 Å². The molecule has 1 aliphatic rings. The van der Waals surface area contributed by atoms with Gasteiger partial charge in [0.2, 0.25) is 5.91 Å². The normalized spacial score (nSPS) is 18.5. The lowest BCUT2D eigenvalue weighted by Crippen LogP contribution is -2.29. The van der Waals surface area contributed by atoms with E-state index >= 15 is 0 Å². The zero-order valence-corrected chi connectivity index (χ0v) is 14.5. The van der Waals surface area contributed by atoms with Crippen molar-refractivity contribution in [3.05, 3.63) is 41.5 Å². The van der Waals surface area contributed by atoms with Crippen molar-refractivity contribution in [2.75, 3.05) is 26.7 Å². The SMILES string of the molecule is CNCC1CCN(C(=O)/C=C(/C)c2ccccc2C(F)(F)F)C1.Cl. The van der Waals surface area contributed by atoms with Gasteiger partial charge in [0.25, 0.3) is 0 Å². The number of nitrogens with zero attached hydrogens (tertiary/aromatic N) is 1. The fourth-order valence-electron chi connectivity index (χ4n) is 2.92. The molecule has 1 fully saturated rings. The number of nitrogens with one attached hydrogen (secondary N) is 1. The fraction of sp³-hybridized carbons (Fsp3) is 0.471. The number of carbonyl (C=O) groups is 1. The van der Waals surface area contributed by atoms with Gasteiger partial charge in [0, 0.05) is 19.2 Å². The Balaban J connectivity index is 0.00000288. The number of hydrogen-bond acceptors (Lipinski definition) is 2. The monoisotopic (exact) mass is 362 g/mol. The van der Waals surface area contributed by atoms with Crippen LogP contribution in [0.1, 0.15) is 24.5 Å². The van der Waals surface area contributed by atoms with Crippen LogP contribution in [-0.4, -0.2) is 37.5 Å². The van der Waals surface area contributed by atoms with Gasteiger partial charge in [-0.15, -0.1) is 12.4 Å². The number of halogens is 4. The molecule has 0 spiro atoms. The quantitative estimate of drug-likeness (QED) is 0.830. The van der Waals surface area contributed by atoms with E-state index in [0.717, 1.165) is 19.0 Å². The number of rotatable bonds is 4. The first kappa shape index (κ1) is 20.5. The lowest BCUT2D eigenvalue weighted by atomic mass is 10.00. The fourth-order valence-corrected chi connectivity index (χ4v) is 2.92. The van der Waals surface area contributed by atoms with Gasteiger partial charge in [0.1, 0.15) is 0 Å². The number of hydrogen-bond donors (Lipinski definition) is 1. The molecule has 7 heteroatoms. The molecule has 1 unspecified atom stereocenters. The third kappa shape index (κ3) is 4.98. The van der Waals surface area contributed by atoms with Gasteiger partial charge in [-0.25, -0.2) is 0 Å². The van der Waals surface area contributed by atoms with Crippen LogP contribution >= 0.6 is 12.4 Å². The van der Waals surface area contributed by atoms with E-state index in [1.807, 2.05) is 7.05 Å². The maximum atomic E-state index is 13.1.